The van der Waals surface area contributed by atoms with E-state index in [9.17, 15) is 9.46 Å². The first-order valence-corrected chi connectivity index (χ1v) is 7.39. The second-order valence-electron chi connectivity index (χ2n) is 3.99. The molecule has 0 radical (unpaired) electrons. The number of hydrogen-bond acceptors (Lipinski definition) is 4. The predicted octanol–water partition coefficient (Wildman–Crippen LogP) is 2.79. The Bertz CT molecular complexity index is 265. The first-order chi connectivity index (χ1) is 7.64. The Kier molecular flexibility index (Phi) is 6.29. The fourth-order valence-electron chi connectivity index (χ4n) is 1.65. The van der Waals surface area contributed by atoms with Crippen molar-refractivity contribution in [1.29, 1.82) is 0 Å². The van der Waals surface area contributed by atoms with Gasteiger partial charge in [0.1, 0.15) is 0 Å². The van der Waals surface area contributed by atoms with E-state index in [0.29, 0.717) is 6.42 Å². The first kappa shape index (κ1) is 13.9. The van der Waals surface area contributed by atoms with Crippen LogP contribution in [0.3, 0.4) is 0 Å². The van der Waals surface area contributed by atoms with Crippen molar-refractivity contribution in [2.24, 2.45) is 0 Å². The molecule has 0 amide bonds. The predicted molar refractivity (Wildman–Crippen MR) is 60.9 cm³/mol. The van der Waals surface area contributed by atoms with Gasteiger partial charge in [-0.15, -0.1) is 0 Å². The van der Waals surface area contributed by atoms with Crippen LogP contribution in [0.5, 0.6) is 0 Å². The lowest BCUT2D eigenvalue weighted by atomic mass is 10.0. The summed E-state index contributed by atoms with van der Waals surface area (Å²) in [6.07, 6.45) is 9.04. The van der Waals surface area contributed by atoms with Gasteiger partial charge in [-0.25, -0.2) is 0 Å². The summed E-state index contributed by atoms with van der Waals surface area (Å²) in [5, 5.41) is 0. The third-order valence-electron chi connectivity index (χ3n) is 2.45. The monoisotopic (exact) mass is 247 g/mol. The molecule has 0 aromatic carbocycles. The van der Waals surface area contributed by atoms with Crippen LogP contribution in [0.4, 0.5) is 0 Å². The Morgan fingerprint density at radius 2 is 2.12 bits per heavy atom. The lowest BCUT2D eigenvalue weighted by Gasteiger charge is -2.28. The van der Waals surface area contributed by atoms with Crippen LogP contribution in [0.25, 0.3) is 0 Å². The molecule has 0 fully saturated rings. The summed E-state index contributed by atoms with van der Waals surface area (Å²) < 4.78 is 21.2. The summed E-state index contributed by atoms with van der Waals surface area (Å²) in [7, 11) is -4.09. The third-order valence-corrected chi connectivity index (χ3v) is 3.51. The zero-order chi connectivity index (χ0) is 11.9. The van der Waals surface area contributed by atoms with Crippen molar-refractivity contribution >= 4 is 7.82 Å². The smallest absolute Gasteiger partial charge is 0.268 e. The van der Waals surface area contributed by atoms with Crippen LogP contribution in [-0.4, -0.2) is 12.7 Å². The third kappa shape index (κ3) is 5.80. The van der Waals surface area contributed by atoms with Gasteiger partial charge in [0.05, 0.1) is 12.7 Å². The van der Waals surface area contributed by atoms with E-state index in [1.54, 1.807) is 0 Å². The standard InChI is InChI=1S/C11H21O4P/c1-2-10-14-16(12,13)15-11-8-6-4-3-5-7-9-11/h3-4,11H,2,5-10H2,1H3,(H,12,13)/p-1/b4-3-. The van der Waals surface area contributed by atoms with E-state index in [4.69, 9.17) is 9.05 Å². The molecule has 0 saturated carbocycles. The van der Waals surface area contributed by atoms with Crippen molar-refractivity contribution < 1.29 is 18.5 Å². The molecule has 0 bridgehead atoms. The Balaban J connectivity index is 2.38. The second-order valence-corrected chi connectivity index (χ2v) is 5.35. The van der Waals surface area contributed by atoms with E-state index in [-0.39, 0.29) is 12.7 Å². The normalized spacial score (nSPS) is 27.8. The second kappa shape index (κ2) is 7.23. The number of allylic oxidation sites excluding steroid dienone is 2. The average Bonchev–Trinajstić information content (AvgIpc) is 2.19. The van der Waals surface area contributed by atoms with Crippen molar-refractivity contribution in [3.8, 4) is 0 Å². The molecule has 5 heteroatoms. The zero-order valence-electron chi connectivity index (χ0n) is 9.76. The van der Waals surface area contributed by atoms with E-state index in [0.717, 1.165) is 32.1 Å². The van der Waals surface area contributed by atoms with Crippen molar-refractivity contribution in [3.05, 3.63) is 12.2 Å². The highest BCUT2D eigenvalue weighted by Gasteiger charge is 2.17. The van der Waals surface area contributed by atoms with Crippen LogP contribution < -0.4 is 4.89 Å². The number of hydrogen-bond donors (Lipinski definition) is 0. The van der Waals surface area contributed by atoms with Crippen molar-refractivity contribution in [2.45, 2.75) is 51.6 Å². The maximum absolute atomic E-state index is 11.4. The molecule has 2 unspecified atom stereocenters. The van der Waals surface area contributed by atoms with Gasteiger partial charge in [-0.1, -0.05) is 19.1 Å². The van der Waals surface area contributed by atoms with E-state index in [1.165, 1.54) is 0 Å². The molecule has 0 heterocycles. The van der Waals surface area contributed by atoms with Crippen LogP contribution in [0.1, 0.15) is 45.4 Å². The highest BCUT2D eigenvalue weighted by atomic mass is 31.2. The van der Waals surface area contributed by atoms with Gasteiger partial charge >= 0.3 is 0 Å². The lowest BCUT2D eigenvalue weighted by Crippen LogP contribution is -2.18. The fraction of sp³-hybridized carbons (Fsp3) is 0.818. The van der Waals surface area contributed by atoms with Gasteiger partial charge in [-0.2, -0.15) is 0 Å². The molecule has 1 rings (SSSR count). The van der Waals surface area contributed by atoms with Crippen molar-refractivity contribution in [1.82, 2.24) is 0 Å². The first-order valence-electron chi connectivity index (χ1n) is 5.93. The number of phosphoric acid groups is 1. The van der Waals surface area contributed by atoms with E-state index < -0.39 is 7.82 Å². The van der Waals surface area contributed by atoms with Crippen molar-refractivity contribution in [3.63, 3.8) is 0 Å². The van der Waals surface area contributed by atoms with E-state index in [2.05, 4.69) is 12.2 Å². The topological polar surface area (TPSA) is 58.6 Å². The lowest BCUT2D eigenvalue weighted by molar-refractivity contribution is -0.230. The van der Waals surface area contributed by atoms with Crippen molar-refractivity contribution in [2.75, 3.05) is 6.61 Å². The van der Waals surface area contributed by atoms with Crippen LogP contribution in [0, 0.1) is 0 Å². The molecule has 2 atom stereocenters. The fourth-order valence-corrected chi connectivity index (χ4v) is 2.69. The molecule has 0 aromatic rings. The molecule has 0 aromatic heterocycles. The summed E-state index contributed by atoms with van der Waals surface area (Å²) in [6, 6.07) is 0. The minimum absolute atomic E-state index is 0.202. The number of phosphoric ester groups is 1. The number of rotatable bonds is 5. The van der Waals surface area contributed by atoms with E-state index >= 15 is 0 Å². The summed E-state index contributed by atoms with van der Waals surface area (Å²) >= 11 is 0. The summed E-state index contributed by atoms with van der Waals surface area (Å²) in [6.45, 7) is 2.06. The maximum atomic E-state index is 11.4. The van der Waals surface area contributed by atoms with Gasteiger partial charge < -0.3 is 13.9 Å². The molecule has 0 N–H and O–H groups in total. The zero-order valence-corrected chi connectivity index (χ0v) is 10.7. The summed E-state index contributed by atoms with van der Waals surface area (Å²) in [5.41, 5.74) is 0. The van der Waals surface area contributed by atoms with Crippen LogP contribution >= 0.6 is 7.82 Å². The molecule has 1 aliphatic carbocycles. The Morgan fingerprint density at radius 1 is 1.38 bits per heavy atom. The highest BCUT2D eigenvalue weighted by molar-refractivity contribution is 7.45. The van der Waals surface area contributed by atoms with Gasteiger partial charge in [0.25, 0.3) is 7.82 Å². The summed E-state index contributed by atoms with van der Waals surface area (Å²) in [5.74, 6) is 0. The molecule has 94 valence electrons. The van der Waals surface area contributed by atoms with Gasteiger partial charge in [0.2, 0.25) is 0 Å². The molecule has 1 aliphatic rings. The molecular formula is C11H20O4P-. The van der Waals surface area contributed by atoms with Gasteiger partial charge in [0, 0.05) is 0 Å². The van der Waals surface area contributed by atoms with Gasteiger partial charge in [-0.3, -0.25) is 4.57 Å². The summed E-state index contributed by atoms with van der Waals surface area (Å²) in [4.78, 5) is 11.4. The van der Waals surface area contributed by atoms with Crippen LogP contribution in [0.15, 0.2) is 12.2 Å². The van der Waals surface area contributed by atoms with Crippen LogP contribution in [-0.2, 0) is 13.6 Å². The highest BCUT2D eigenvalue weighted by Crippen LogP contribution is 2.41. The maximum Gasteiger partial charge on any atom is 0.268 e. The molecule has 4 nitrogen and oxygen atoms in total. The molecule has 0 aliphatic heterocycles. The Morgan fingerprint density at radius 3 is 2.88 bits per heavy atom. The molecule has 0 spiro atoms. The van der Waals surface area contributed by atoms with Gasteiger partial charge in [0.15, 0.2) is 0 Å². The Labute approximate surface area is 97.3 Å². The largest absolute Gasteiger partial charge is 0.756 e. The van der Waals surface area contributed by atoms with Gasteiger partial charge in [-0.05, 0) is 38.5 Å². The average molecular weight is 247 g/mol. The minimum Gasteiger partial charge on any atom is -0.756 e. The Hall–Kier alpha value is -0.150. The van der Waals surface area contributed by atoms with Crippen LogP contribution in [0.2, 0.25) is 0 Å². The quantitative estimate of drug-likeness (QED) is 0.553. The minimum atomic E-state index is -4.09. The SMILES string of the molecule is CCCOP(=O)([O-])OC1CC/C=C\CCC1. The molecular weight excluding hydrogens is 227 g/mol. The van der Waals surface area contributed by atoms with E-state index in [1.807, 2.05) is 6.92 Å². The molecule has 16 heavy (non-hydrogen) atoms. The molecule has 0 saturated heterocycles.